The quantitative estimate of drug-likeness (QED) is 0.216. The molecule has 0 spiro atoms. The van der Waals surface area contributed by atoms with Crippen LogP contribution in [0.25, 0.3) is 11.0 Å². The summed E-state index contributed by atoms with van der Waals surface area (Å²) in [6.45, 7) is 1.79. The maximum atomic E-state index is 13.7. The van der Waals surface area contributed by atoms with Gasteiger partial charge in [0.2, 0.25) is 0 Å². The van der Waals surface area contributed by atoms with Crippen LogP contribution in [0.2, 0.25) is 0 Å². The van der Waals surface area contributed by atoms with Crippen molar-refractivity contribution in [1.82, 2.24) is 20.2 Å². The number of nitrogens with zero attached hydrogens (tertiary/aromatic N) is 3. The van der Waals surface area contributed by atoms with Crippen LogP contribution < -0.4 is 10.6 Å². The van der Waals surface area contributed by atoms with Crippen LogP contribution in [0, 0.1) is 5.82 Å². The number of benzene rings is 3. The molecule has 0 aliphatic rings. The summed E-state index contributed by atoms with van der Waals surface area (Å²) >= 11 is 0. The van der Waals surface area contributed by atoms with E-state index in [1.807, 2.05) is 30.6 Å². The molecule has 7 heteroatoms. The summed E-state index contributed by atoms with van der Waals surface area (Å²) in [6, 6.07) is 23.3. The third-order valence-corrected chi connectivity index (χ3v) is 4.99. The van der Waals surface area contributed by atoms with Crippen molar-refractivity contribution in [3.05, 3.63) is 102 Å². The van der Waals surface area contributed by atoms with Crippen LogP contribution in [0.4, 0.5) is 4.39 Å². The molecule has 0 fully saturated rings. The standard InChI is InChI=1S/C24H24FN5.HI/c1-26-24(28-15-20-6-2-3-7-21(20)25)27-14-18-10-12-19(13-11-18)16-30-17-29-22-8-4-5-9-23(22)30;/h2-13,17H,14-16H2,1H3,(H2,26,27,28);1H. The minimum atomic E-state index is -0.221. The maximum absolute atomic E-state index is 13.7. The molecular formula is C24H25FIN5. The molecule has 0 bridgehead atoms. The van der Waals surface area contributed by atoms with E-state index in [9.17, 15) is 4.39 Å². The lowest BCUT2D eigenvalue weighted by molar-refractivity contribution is 0.604. The highest BCUT2D eigenvalue weighted by Gasteiger charge is 2.04. The van der Waals surface area contributed by atoms with E-state index in [2.05, 4.69) is 55.5 Å². The number of rotatable bonds is 6. The Morgan fingerprint density at radius 3 is 2.35 bits per heavy atom. The Labute approximate surface area is 198 Å². The van der Waals surface area contributed by atoms with E-state index < -0.39 is 0 Å². The molecule has 31 heavy (non-hydrogen) atoms. The van der Waals surface area contributed by atoms with Gasteiger partial charge in [-0.05, 0) is 29.3 Å². The van der Waals surface area contributed by atoms with Gasteiger partial charge in [0.15, 0.2) is 5.96 Å². The number of hydrogen-bond donors (Lipinski definition) is 2. The molecule has 3 aromatic carbocycles. The molecule has 4 rings (SSSR count). The van der Waals surface area contributed by atoms with Gasteiger partial charge in [-0.15, -0.1) is 24.0 Å². The number of guanidine groups is 1. The minimum Gasteiger partial charge on any atom is -0.352 e. The molecule has 0 radical (unpaired) electrons. The smallest absolute Gasteiger partial charge is 0.191 e. The number of nitrogens with one attached hydrogen (secondary N) is 2. The molecule has 0 saturated carbocycles. The molecule has 0 atom stereocenters. The number of hydrogen-bond acceptors (Lipinski definition) is 2. The summed E-state index contributed by atoms with van der Waals surface area (Å²) < 4.78 is 15.9. The zero-order chi connectivity index (χ0) is 20.8. The van der Waals surface area contributed by atoms with Crippen LogP contribution in [0.3, 0.4) is 0 Å². The van der Waals surface area contributed by atoms with Crippen molar-refractivity contribution in [2.24, 2.45) is 4.99 Å². The summed E-state index contributed by atoms with van der Waals surface area (Å²) in [7, 11) is 1.70. The third kappa shape index (κ3) is 5.81. The second-order valence-electron chi connectivity index (χ2n) is 7.05. The van der Waals surface area contributed by atoms with Crippen molar-refractivity contribution >= 4 is 41.0 Å². The summed E-state index contributed by atoms with van der Waals surface area (Å²) in [5, 5.41) is 6.41. The average molecular weight is 529 g/mol. The van der Waals surface area contributed by atoms with Crippen molar-refractivity contribution < 1.29 is 4.39 Å². The average Bonchev–Trinajstić information content (AvgIpc) is 3.19. The molecule has 1 aromatic heterocycles. The van der Waals surface area contributed by atoms with Gasteiger partial charge in [0.05, 0.1) is 17.4 Å². The lowest BCUT2D eigenvalue weighted by Gasteiger charge is -2.13. The van der Waals surface area contributed by atoms with E-state index in [0.29, 0.717) is 24.6 Å². The van der Waals surface area contributed by atoms with Crippen molar-refractivity contribution in [3.63, 3.8) is 0 Å². The van der Waals surface area contributed by atoms with Crippen molar-refractivity contribution in [2.45, 2.75) is 19.6 Å². The minimum absolute atomic E-state index is 0. The Kier molecular flexibility index (Phi) is 8.00. The molecule has 0 aliphatic carbocycles. The van der Waals surface area contributed by atoms with Gasteiger partial charge < -0.3 is 15.2 Å². The first kappa shape index (κ1) is 22.7. The highest BCUT2D eigenvalue weighted by Crippen LogP contribution is 2.14. The fraction of sp³-hybridized carbons (Fsp3) is 0.167. The van der Waals surface area contributed by atoms with Crippen molar-refractivity contribution in [2.75, 3.05) is 7.05 Å². The van der Waals surface area contributed by atoms with E-state index in [-0.39, 0.29) is 29.8 Å². The lowest BCUT2D eigenvalue weighted by Crippen LogP contribution is -2.36. The van der Waals surface area contributed by atoms with Crippen LogP contribution in [0.5, 0.6) is 0 Å². The van der Waals surface area contributed by atoms with Crippen LogP contribution in [0.15, 0.2) is 84.1 Å². The highest BCUT2D eigenvalue weighted by atomic mass is 127. The van der Waals surface area contributed by atoms with Crippen LogP contribution in [0.1, 0.15) is 16.7 Å². The molecule has 0 unspecified atom stereocenters. The van der Waals surface area contributed by atoms with Crippen molar-refractivity contribution in [3.8, 4) is 0 Å². The molecule has 1 heterocycles. The predicted molar refractivity (Wildman–Crippen MR) is 134 cm³/mol. The second kappa shape index (κ2) is 10.9. The van der Waals surface area contributed by atoms with E-state index >= 15 is 0 Å². The Bertz CT molecular complexity index is 1150. The summed E-state index contributed by atoms with van der Waals surface area (Å²) in [5.41, 5.74) is 5.10. The monoisotopic (exact) mass is 529 g/mol. The Morgan fingerprint density at radius 2 is 1.58 bits per heavy atom. The van der Waals surface area contributed by atoms with E-state index in [0.717, 1.165) is 23.1 Å². The number of aliphatic imine (C=N–C) groups is 1. The first-order chi connectivity index (χ1) is 14.7. The van der Waals surface area contributed by atoms with Gasteiger partial charge in [0.1, 0.15) is 5.82 Å². The fourth-order valence-electron chi connectivity index (χ4n) is 3.32. The molecule has 0 saturated heterocycles. The number of imidazole rings is 1. The predicted octanol–water partition coefficient (Wildman–Crippen LogP) is 4.71. The number of fused-ring (bicyclic) bond motifs is 1. The zero-order valence-electron chi connectivity index (χ0n) is 17.3. The lowest BCUT2D eigenvalue weighted by atomic mass is 10.1. The third-order valence-electron chi connectivity index (χ3n) is 4.99. The van der Waals surface area contributed by atoms with Gasteiger partial charge >= 0.3 is 0 Å². The first-order valence-corrected chi connectivity index (χ1v) is 9.88. The summed E-state index contributed by atoms with van der Waals surface area (Å²) in [5.74, 6) is 0.411. The van der Waals surface area contributed by atoms with Gasteiger partial charge in [0, 0.05) is 32.2 Å². The molecule has 160 valence electrons. The van der Waals surface area contributed by atoms with E-state index in [1.165, 1.54) is 11.6 Å². The topological polar surface area (TPSA) is 54.2 Å². The van der Waals surface area contributed by atoms with Gasteiger partial charge in [-0.1, -0.05) is 54.6 Å². The molecule has 2 N–H and O–H groups in total. The summed E-state index contributed by atoms with van der Waals surface area (Å²) in [4.78, 5) is 8.65. The van der Waals surface area contributed by atoms with Crippen LogP contribution in [-0.2, 0) is 19.6 Å². The first-order valence-electron chi connectivity index (χ1n) is 9.88. The number of halogens is 2. The number of para-hydroxylation sites is 2. The Morgan fingerprint density at radius 1 is 0.903 bits per heavy atom. The normalized spacial score (nSPS) is 11.2. The Hall–Kier alpha value is -2.94. The molecule has 0 amide bonds. The maximum Gasteiger partial charge on any atom is 0.191 e. The number of aromatic nitrogens is 2. The molecule has 4 aromatic rings. The van der Waals surface area contributed by atoms with E-state index in [1.54, 1.807) is 19.2 Å². The van der Waals surface area contributed by atoms with Gasteiger partial charge in [-0.3, -0.25) is 4.99 Å². The zero-order valence-corrected chi connectivity index (χ0v) is 19.6. The fourth-order valence-corrected chi connectivity index (χ4v) is 3.32. The summed E-state index contributed by atoms with van der Waals surface area (Å²) in [6.07, 6.45) is 1.88. The van der Waals surface area contributed by atoms with Gasteiger partial charge in [0.25, 0.3) is 0 Å². The van der Waals surface area contributed by atoms with Gasteiger partial charge in [-0.25, -0.2) is 9.37 Å². The van der Waals surface area contributed by atoms with Crippen LogP contribution >= 0.6 is 24.0 Å². The highest BCUT2D eigenvalue weighted by molar-refractivity contribution is 14.0. The molecule has 5 nitrogen and oxygen atoms in total. The Balaban J connectivity index is 0.00000272. The van der Waals surface area contributed by atoms with Crippen molar-refractivity contribution in [1.29, 1.82) is 0 Å². The van der Waals surface area contributed by atoms with E-state index in [4.69, 9.17) is 0 Å². The second-order valence-corrected chi connectivity index (χ2v) is 7.05. The molecule has 0 aliphatic heterocycles. The largest absolute Gasteiger partial charge is 0.352 e. The molecular weight excluding hydrogens is 504 g/mol. The van der Waals surface area contributed by atoms with Crippen LogP contribution in [-0.4, -0.2) is 22.6 Å². The van der Waals surface area contributed by atoms with Gasteiger partial charge in [-0.2, -0.15) is 0 Å². The SMILES string of the molecule is CN=C(NCc1ccc(Cn2cnc3ccccc32)cc1)NCc1ccccc1F.I.